The van der Waals surface area contributed by atoms with E-state index in [4.69, 9.17) is 0 Å². The molecule has 0 bridgehead atoms. The van der Waals surface area contributed by atoms with Crippen molar-refractivity contribution in [1.29, 1.82) is 0 Å². The fraction of sp³-hybridized carbons (Fsp3) is 0.444. The standard InChI is InChI=1S/C9H14NS2/c1-7-8(2)12-9(11-7)5-6-10(3)4/h5-6H,1-4H3/q+1. The number of hydrogen-bond donors (Lipinski definition) is 0. The minimum atomic E-state index is 1.37. The first-order valence-corrected chi connectivity index (χ1v) is 5.47. The zero-order valence-electron chi connectivity index (χ0n) is 7.92. The van der Waals surface area contributed by atoms with Crippen LogP contribution in [-0.2, 0) is 0 Å². The van der Waals surface area contributed by atoms with Crippen molar-refractivity contribution < 1.29 is 4.58 Å². The second kappa shape index (κ2) is 4.19. The Labute approximate surface area is 82.6 Å². The monoisotopic (exact) mass is 200 g/mol. The number of nitrogens with zero attached hydrogens (tertiary/aromatic N) is 1. The van der Waals surface area contributed by atoms with Crippen LogP contribution in [0.2, 0.25) is 0 Å². The Morgan fingerprint density at radius 2 is 1.58 bits per heavy atom. The Kier molecular flexibility index (Phi) is 3.47. The molecule has 0 saturated heterocycles. The molecule has 0 aromatic carbocycles. The second-order valence-corrected chi connectivity index (χ2v) is 5.69. The van der Waals surface area contributed by atoms with Crippen molar-refractivity contribution >= 4 is 29.7 Å². The highest BCUT2D eigenvalue weighted by atomic mass is 32.2. The van der Waals surface area contributed by atoms with Gasteiger partial charge in [0.25, 0.3) is 0 Å². The molecule has 0 aromatic heterocycles. The number of rotatable bonds is 1. The maximum absolute atomic E-state index is 2.17. The quantitative estimate of drug-likeness (QED) is 0.473. The Bertz CT molecular complexity index is 254. The fourth-order valence-electron chi connectivity index (χ4n) is 0.744. The SMILES string of the molecule is CC1=C(C)SC(=CC=[N+](C)C)S1. The van der Waals surface area contributed by atoms with Gasteiger partial charge >= 0.3 is 0 Å². The molecule has 0 aliphatic carbocycles. The van der Waals surface area contributed by atoms with Crippen molar-refractivity contribution in [1.82, 2.24) is 0 Å². The van der Waals surface area contributed by atoms with Gasteiger partial charge in [-0.2, -0.15) is 0 Å². The molecule has 1 heterocycles. The molecule has 66 valence electrons. The van der Waals surface area contributed by atoms with Gasteiger partial charge < -0.3 is 0 Å². The van der Waals surface area contributed by atoms with E-state index in [-0.39, 0.29) is 0 Å². The summed E-state index contributed by atoms with van der Waals surface area (Å²) in [4.78, 5) is 2.86. The first-order valence-electron chi connectivity index (χ1n) is 3.84. The Balaban J connectivity index is 2.63. The van der Waals surface area contributed by atoms with Gasteiger partial charge in [-0.3, -0.25) is 0 Å². The average molecular weight is 200 g/mol. The van der Waals surface area contributed by atoms with Crippen LogP contribution in [0.4, 0.5) is 0 Å². The van der Waals surface area contributed by atoms with Crippen molar-refractivity contribution in [2.75, 3.05) is 14.1 Å². The molecule has 0 fully saturated rings. The van der Waals surface area contributed by atoms with Crippen molar-refractivity contribution in [2.45, 2.75) is 13.8 Å². The molecule has 0 radical (unpaired) electrons. The molecule has 0 N–H and O–H groups in total. The highest BCUT2D eigenvalue weighted by Crippen LogP contribution is 2.47. The van der Waals surface area contributed by atoms with Gasteiger partial charge in [0, 0.05) is 6.08 Å². The van der Waals surface area contributed by atoms with Crippen molar-refractivity contribution in [3.8, 4) is 0 Å². The van der Waals surface area contributed by atoms with Crippen LogP contribution in [-0.4, -0.2) is 24.9 Å². The first-order chi connectivity index (χ1) is 5.59. The summed E-state index contributed by atoms with van der Waals surface area (Å²) in [6.07, 6.45) is 4.25. The van der Waals surface area contributed by atoms with Gasteiger partial charge in [0.15, 0.2) is 6.21 Å². The van der Waals surface area contributed by atoms with Crippen LogP contribution >= 0.6 is 23.5 Å². The fourth-order valence-corrected chi connectivity index (χ4v) is 3.06. The van der Waals surface area contributed by atoms with E-state index in [1.54, 1.807) is 0 Å². The normalized spacial score (nSPS) is 16.8. The third-order valence-electron chi connectivity index (χ3n) is 1.51. The molecule has 3 heteroatoms. The van der Waals surface area contributed by atoms with E-state index in [9.17, 15) is 0 Å². The maximum atomic E-state index is 2.17. The van der Waals surface area contributed by atoms with Crippen LogP contribution in [0.25, 0.3) is 0 Å². The van der Waals surface area contributed by atoms with Gasteiger partial charge in [0.1, 0.15) is 14.1 Å². The molecule has 0 saturated carbocycles. The van der Waals surface area contributed by atoms with Gasteiger partial charge in [-0.1, -0.05) is 23.5 Å². The molecule has 0 aromatic rings. The van der Waals surface area contributed by atoms with Crippen LogP contribution in [0.15, 0.2) is 20.1 Å². The minimum absolute atomic E-state index is 1.37. The maximum Gasteiger partial charge on any atom is 0.164 e. The highest BCUT2D eigenvalue weighted by Gasteiger charge is 2.13. The van der Waals surface area contributed by atoms with Crippen LogP contribution in [0.3, 0.4) is 0 Å². The molecule has 1 aliphatic rings. The molecule has 0 atom stereocenters. The van der Waals surface area contributed by atoms with Gasteiger partial charge in [-0.25, -0.2) is 4.58 Å². The summed E-state index contributed by atoms with van der Waals surface area (Å²) in [6.45, 7) is 4.34. The van der Waals surface area contributed by atoms with E-state index in [0.29, 0.717) is 0 Å². The average Bonchev–Trinajstić information content (AvgIpc) is 2.28. The van der Waals surface area contributed by atoms with E-state index in [1.807, 2.05) is 37.6 Å². The molecule has 0 unspecified atom stereocenters. The summed E-state index contributed by atoms with van der Waals surface area (Å²) >= 11 is 3.72. The topological polar surface area (TPSA) is 3.01 Å². The third-order valence-corrected chi connectivity index (χ3v) is 4.04. The molecule has 1 aliphatic heterocycles. The van der Waals surface area contributed by atoms with E-state index in [0.717, 1.165) is 0 Å². The summed E-state index contributed by atoms with van der Waals surface area (Å²) < 4.78 is 3.43. The summed E-state index contributed by atoms with van der Waals surface area (Å²) in [5.74, 6) is 0. The van der Waals surface area contributed by atoms with Crippen LogP contribution in [0, 0.1) is 0 Å². The second-order valence-electron chi connectivity index (χ2n) is 2.91. The lowest BCUT2D eigenvalue weighted by Crippen LogP contribution is -1.95. The van der Waals surface area contributed by atoms with Crippen LogP contribution < -0.4 is 0 Å². The largest absolute Gasteiger partial charge is 0.241 e. The van der Waals surface area contributed by atoms with Gasteiger partial charge in [0.05, 0.1) is 4.24 Å². The molecular weight excluding hydrogens is 186 g/mol. The summed E-state index contributed by atoms with van der Waals surface area (Å²) in [5, 5.41) is 0. The Hall–Kier alpha value is -0.150. The lowest BCUT2D eigenvalue weighted by molar-refractivity contribution is -0.458. The van der Waals surface area contributed by atoms with E-state index >= 15 is 0 Å². The first kappa shape index (κ1) is 9.93. The van der Waals surface area contributed by atoms with Crippen molar-refractivity contribution in [2.24, 2.45) is 0 Å². The predicted molar refractivity (Wildman–Crippen MR) is 59.8 cm³/mol. The number of allylic oxidation sites excluding steroid dienone is 3. The smallest absolute Gasteiger partial charge is 0.164 e. The summed E-state index contributed by atoms with van der Waals surface area (Å²) in [6, 6.07) is 0. The van der Waals surface area contributed by atoms with E-state index in [2.05, 4.69) is 30.7 Å². The van der Waals surface area contributed by atoms with Crippen molar-refractivity contribution in [3.05, 3.63) is 20.1 Å². The highest BCUT2D eigenvalue weighted by molar-refractivity contribution is 8.28. The number of hydrogen-bond acceptors (Lipinski definition) is 2. The minimum Gasteiger partial charge on any atom is -0.241 e. The van der Waals surface area contributed by atoms with Crippen LogP contribution in [0.1, 0.15) is 13.8 Å². The third kappa shape index (κ3) is 2.72. The Morgan fingerprint density at radius 3 is 2.00 bits per heavy atom. The van der Waals surface area contributed by atoms with Gasteiger partial charge in [0.2, 0.25) is 0 Å². The lowest BCUT2D eigenvalue weighted by atomic mass is 10.6. The number of thioether (sulfide) groups is 2. The summed E-state index contributed by atoms with van der Waals surface area (Å²) in [5.41, 5.74) is 0. The molecule has 1 nitrogen and oxygen atoms in total. The summed E-state index contributed by atoms with van der Waals surface area (Å²) in [7, 11) is 4.07. The Morgan fingerprint density at radius 1 is 1.08 bits per heavy atom. The molecule has 1 rings (SSSR count). The van der Waals surface area contributed by atoms with Gasteiger partial charge in [-0.15, -0.1) is 0 Å². The van der Waals surface area contributed by atoms with Crippen molar-refractivity contribution in [3.63, 3.8) is 0 Å². The molecule has 12 heavy (non-hydrogen) atoms. The zero-order chi connectivity index (χ0) is 9.14. The molecule has 0 amide bonds. The van der Waals surface area contributed by atoms with E-state index < -0.39 is 0 Å². The zero-order valence-corrected chi connectivity index (χ0v) is 9.55. The van der Waals surface area contributed by atoms with Crippen LogP contribution in [0.5, 0.6) is 0 Å². The van der Waals surface area contributed by atoms with E-state index in [1.165, 1.54) is 14.0 Å². The predicted octanol–water partition coefficient (Wildman–Crippen LogP) is 2.90. The molecule has 0 spiro atoms. The molecular formula is C9H14NS2+. The van der Waals surface area contributed by atoms with Gasteiger partial charge in [-0.05, 0) is 23.7 Å². The lowest BCUT2D eigenvalue weighted by Gasteiger charge is -1.89.